The molecule has 0 unspecified atom stereocenters. The van der Waals surface area contributed by atoms with E-state index < -0.39 is 0 Å². The van der Waals surface area contributed by atoms with E-state index in [4.69, 9.17) is 0 Å². The second kappa shape index (κ2) is 6.00. The molecule has 1 fully saturated rings. The molecule has 1 aliphatic rings. The number of hydrogen-bond donors (Lipinski definition) is 0. The smallest absolute Gasteiger partial charge is 0.0522 e. The molecular weight excluding hydrogens is 256 g/mol. The minimum absolute atomic E-state index is 0.451. The van der Waals surface area contributed by atoms with Crippen LogP contribution in [0.1, 0.15) is 30.1 Å². The van der Waals surface area contributed by atoms with Gasteiger partial charge in [-0.3, -0.25) is 4.90 Å². The van der Waals surface area contributed by atoms with Crippen molar-refractivity contribution in [1.29, 1.82) is 0 Å². The quantitative estimate of drug-likeness (QED) is 0.842. The van der Waals surface area contributed by atoms with Gasteiger partial charge in [-0.2, -0.15) is 0 Å². The Morgan fingerprint density at radius 2 is 1.52 bits per heavy atom. The van der Waals surface area contributed by atoms with Gasteiger partial charge in [-0.1, -0.05) is 60.7 Å². The molecule has 0 amide bonds. The second-order valence-electron chi connectivity index (χ2n) is 6.17. The van der Waals surface area contributed by atoms with Crippen molar-refractivity contribution in [2.45, 2.75) is 25.0 Å². The lowest BCUT2D eigenvalue weighted by molar-refractivity contribution is -0.0381. The highest BCUT2D eigenvalue weighted by atomic mass is 15.3. The van der Waals surface area contributed by atoms with Gasteiger partial charge in [-0.25, -0.2) is 0 Å². The SMILES string of the molecule is C[C@@H](c1ccccc1)N1C[C@H](N(C)C)[C@@H]1c1ccccc1. The zero-order valence-electron chi connectivity index (χ0n) is 13.1. The van der Waals surface area contributed by atoms with Gasteiger partial charge in [0.1, 0.15) is 0 Å². The van der Waals surface area contributed by atoms with Gasteiger partial charge in [0.2, 0.25) is 0 Å². The van der Waals surface area contributed by atoms with Crippen LogP contribution in [-0.2, 0) is 0 Å². The molecule has 1 heterocycles. The van der Waals surface area contributed by atoms with E-state index in [0.29, 0.717) is 18.1 Å². The van der Waals surface area contributed by atoms with Crippen molar-refractivity contribution < 1.29 is 0 Å². The third-order valence-electron chi connectivity index (χ3n) is 4.70. The van der Waals surface area contributed by atoms with Crippen LogP contribution in [0.4, 0.5) is 0 Å². The van der Waals surface area contributed by atoms with E-state index in [9.17, 15) is 0 Å². The average Bonchev–Trinajstić information content (AvgIpc) is 2.48. The van der Waals surface area contributed by atoms with Gasteiger partial charge < -0.3 is 4.90 Å². The molecule has 0 aromatic heterocycles. The highest BCUT2D eigenvalue weighted by molar-refractivity contribution is 5.27. The predicted molar refractivity (Wildman–Crippen MR) is 88.2 cm³/mol. The van der Waals surface area contributed by atoms with Crippen LogP contribution in [0.25, 0.3) is 0 Å². The second-order valence-corrected chi connectivity index (χ2v) is 6.17. The van der Waals surface area contributed by atoms with Gasteiger partial charge in [-0.05, 0) is 32.1 Å². The Hall–Kier alpha value is -1.64. The molecule has 3 atom stereocenters. The Labute approximate surface area is 128 Å². The summed E-state index contributed by atoms with van der Waals surface area (Å²) in [6.45, 7) is 3.44. The van der Waals surface area contributed by atoms with Crippen LogP contribution in [0.15, 0.2) is 60.7 Å². The Bertz CT molecular complexity index is 565. The molecule has 0 radical (unpaired) electrons. The van der Waals surface area contributed by atoms with Gasteiger partial charge in [0.15, 0.2) is 0 Å². The topological polar surface area (TPSA) is 6.48 Å². The Morgan fingerprint density at radius 3 is 2.10 bits per heavy atom. The molecule has 1 aliphatic heterocycles. The lowest BCUT2D eigenvalue weighted by Gasteiger charge is -2.54. The first-order valence-corrected chi connectivity index (χ1v) is 7.70. The van der Waals surface area contributed by atoms with Crippen molar-refractivity contribution in [1.82, 2.24) is 9.80 Å². The lowest BCUT2D eigenvalue weighted by Crippen LogP contribution is -2.59. The lowest BCUT2D eigenvalue weighted by atomic mass is 9.86. The predicted octanol–water partition coefficient (Wildman–Crippen LogP) is 3.73. The first-order chi connectivity index (χ1) is 10.2. The summed E-state index contributed by atoms with van der Waals surface area (Å²) in [5.41, 5.74) is 2.82. The maximum atomic E-state index is 2.61. The van der Waals surface area contributed by atoms with E-state index in [2.05, 4.69) is 91.5 Å². The molecule has 3 rings (SSSR count). The summed E-state index contributed by atoms with van der Waals surface area (Å²) >= 11 is 0. The number of likely N-dealkylation sites (N-methyl/N-ethyl adjacent to an activating group) is 1. The number of benzene rings is 2. The van der Waals surface area contributed by atoms with Crippen molar-refractivity contribution >= 4 is 0 Å². The Kier molecular flexibility index (Phi) is 4.09. The van der Waals surface area contributed by atoms with Crippen LogP contribution in [0.2, 0.25) is 0 Å². The summed E-state index contributed by atoms with van der Waals surface area (Å²) < 4.78 is 0. The molecule has 21 heavy (non-hydrogen) atoms. The van der Waals surface area contributed by atoms with Crippen molar-refractivity contribution in [3.63, 3.8) is 0 Å². The van der Waals surface area contributed by atoms with E-state index in [1.807, 2.05) is 0 Å². The van der Waals surface area contributed by atoms with E-state index in [0.717, 1.165) is 6.54 Å². The molecule has 2 aromatic rings. The molecule has 2 heteroatoms. The van der Waals surface area contributed by atoms with E-state index >= 15 is 0 Å². The fraction of sp³-hybridized carbons (Fsp3) is 0.368. The summed E-state index contributed by atoms with van der Waals surface area (Å²) in [5.74, 6) is 0. The standard InChI is InChI=1S/C19H24N2/c1-15(16-10-6-4-7-11-16)21-14-18(20(2)3)19(21)17-12-8-5-9-13-17/h4-13,15,18-19H,14H2,1-3H3/t15-,18-,19-/m0/s1. The average molecular weight is 280 g/mol. The number of likely N-dealkylation sites (tertiary alicyclic amines) is 1. The maximum absolute atomic E-state index is 2.61. The molecule has 110 valence electrons. The molecule has 1 saturated heterocycles. The van der Waals surface area contributed by atoms with Gasteiger partial charge in [0, 0.05) is 18.6 Å². The molecule has 0 spiro atoms. The van der Waals surface area contributed by atoms with Crippen LogP contribution >= 0.6 is 0 Å². The number of rotatable bonds is 4. The maximum Gasteiger partial charge on any atom is 0.0522 e. The highest BCUT2D eigenvalue weighted by Crippen LogP contribution is 2.41. The van der Waals surface area contributed by atoms with Crippen LogP contribution in [-0.4, -0.2) is 36.5 Å². The van der Waals surface area contributed by atoms with Crippen LogP contribution in [0.3, 0.4) is 0 Å². The summed E-state index contributed by atoms with van der Waals surface area (Å²) in [5, 5.41) is 0. The molecule has 0 N–H and O–H groups in total. The van der Waals surface area contributed by atoms with Crippen LogP contribution < -0.4 is 0 Å². The largest absolute Gasteiger partial charge is 0.303 e. The van der Waals surface area contributed by atoms with E-state index in [1.54, 1.807) is 0 Å². The normalized spacial score (nSPS) is 23.8. The Morgan fingerprint density at radius 1 is 0.952 bits per heavy atom. The number of nitrogens with zero attached hydrogens (tertiary/aromatic N) is 2. The third kappa shape index (κ3) is 2.74. The third-order valence-corrected chi connectivity index (χ3v) is 4.70. The first-order valence-electron chi connectivity index (χ1n) is 7.70. The first kappa shape index (κ1) is 14.3. The fourth-order valence-corrected chi connectivity index (χ4v) is 3.34. The molecule has 2 aromatic carbocycles. The van der Waals surface area contributed by atoms with Crippen molar-refractivity contribution in [2.24, 2.45) is 0 Å². The minimum Gasteiger partial charge on any atom is -0.303 e. The molecule has 0 aliphatic carbocycles. The van der Waals surface area contributed by atoms with Crippen molar-refractivity contribution in [2.75, 3.05) is 20.6 Å². The van der Waals surface area contributed by atoms with E-state index in [1.165, 1.54) is 11.1 Å². The van der Waals surface area contributed by atoms with Crippen molar-refractivity contribution in [3.8, 4) is 0 Å². The van der Waals surface area contributed by atoms with Gasteiger partial charge in [0.25, 0.3) is 0 Å². The molecule has 0 bridgehead atoms. The zero-order valence-corrected chi connectivity index (χ0v) is 13.1. The number of hydrogen-bond acceptors (Lipinski definition) is 2. The van der Waals surface area contributed by atoms with Crippen molar-refractivity contribution in [3.05, 3.63) is 71.8 Å². The van der Waals surface area contributed by atoms with Crippen LogP contribution in [0, 0.1) is 0 Å². The summed E-state index contributed by atoms with van der Waals surface area (Å²) in [7, 11) is 4.37. The highest BCUT2D eigenvalue weighted by Gasteiger charge is 2.43. The van der Waals surface area contributed by atoms with Crippen LogP contribution in [0.5, 0.6) is 0 Å². The molecule has 0 saturated carbocycles. The van der Waals surface area contributed by atoms with Gasteiger partial charge >= 0.3 is 0 Å². The van der Waals surface area contributed by atoms with Gasteiger partial charge in [-0.15, -0.1) is 0 Å². The molecule has 2 nitrogen and oxygen atoms in total. The summed E-state index contributed by atoms with van der Waals surface area (Å²) in [6, 6.07) is 23.2. The Balaban J connectivity index is 1.86. The zero-order chi connectivity index (χ0) is 14.8. The molecular formula is C19H24N2. The minimum atomic E-state index is 0.451. The summed E-state index contributed by atoms with van der Waals surface area (Å²) in [6.07, 6.45) is 0. The van der Waals surface area contributed by atoms with E-state index in [-0.39, 0.29) is 0 Å². The monoisotopic (exact) mass is 280 g/mol. The van der Waals surface area contributed by atoms with Gasteiger partial charge in [0.05, 0.1) is 6.04 Å². The summed E-state index contributed by atoms with van der Waals surface area (Å²) in [4.78, 5) is 4.96. The fourth-order valence-electron chi connectivity index (χ4n) is 3.34.